The number of nitrogens with one attached hydrogen (secondary N) is 1. The van der Waals surface area contributed by atoms with E-state index in [0.29, 0.717) is 30.1 Å². The van der Waals surface area contributed by atoms with Crippen LogP contribution in [-0.4, -0.2) is 56.2 Å². The lowest BCUT2D eigenvalue weighted by Gasteiger charge is -2.26. The molecule has 2 fully saturated rings. The molecule has 2 aliphatic rings. The zero-order valence-electron chi connectivity index (χ0n) is 19.1. The molecule has 0 bridgehead atoms. The highest BCUT2D eigenvalue weighted by Crippen LogP contribution is 2.46. The number of benzene rings is 1. The van der Waals surface area contributed by atoms with E-state index in [-0.39, 0.29) is 24.9 Å². The van der Waals surface area contributed by atoms with Crippen LogP contribution in [0.4, 0.5) is 8.78 Å². The predicted octanol–water partition coefficient (Wildman–Crippen LogP) is 4.42. The monoisotopic (exact) mass is 482 g/mol. The van der Waals surface area contributed by atoms with Crippen LogP contribution in [-0.2, 0) is 14.3 Å². The molecular weight excluding hydrogens is 458 g/mol. The van der Waals surface area contributed by atoms with E-state index >= 15 is 0 Å². The number of halogens is 2. The summed E-state index contributed by atoms with van der Waals surface area (Å²) in [4.78, 5) is 16.8. The van der Waals surface area contributed by atoms with Crippen molar-refractivity contribution in [2.24, 2.45) is 0 Å². The van der Waals surface area contributed by atoms with Crippen LogP contribution < -0.4 is 0 Å². The Hall–Kier alpha value is -3.37. The second-order valence-corrected chi connectivity index (χ2v) is 9.53. The van der Waals surface area contributed by atoms with Crippen molar-refractivity contribution >= 4 is 28.0 Å². The second-order valence-electron chi connectivity index (χ2n) is 9.53. The average Bonchev–Trinajstić information content (AvgIpc) is 3.55. The van der Waals surface area contributed by atoms with Gasteiger partial charge in [-0.25, -0.2) is 18.6 Å². The first-order valence-electron chi connectivity index (χ1n) is 11.6. The van der Waals surface area contributed by atoms with Gasteiger partial charge in [0.1, 0.15) is 0 Å². The van der Waals surface area contributed by atoms with Crippen molar-refractivity contribution in [2.45, 2.75) is 43.6 Å². The molecule has 10 heteroatoms. The van der Waals surface area contributed by atoms with Gasteiger partial charge >= 0.3 is 5.97 Å². The summed E-state index contributed by atoms with van der Waals surface area (Å²) in [6, 6.07) is 5.79. The van der Waals surface area contributed by atoms with Gasteiger partial charge in [0.15, 0.2) is 22.9 Å². The Bertz CT molecular complexity index is 1460. The molecule has 8 nitrogen and oxygen atoms in total. The molecule has 6 rings (SSSR count). The van der Waals surface area contributed by atoms with Crippen molar-refractivity contribution in [1.82, 2.24) is 19.7 Å². The number of hydrogen-bond donors (Lipinski definition) is 2. The first kappa shape index (κ1) is 22.1. The van der Waals surface area contributed by atoms with Crippen LogP contribution in [0.1, 0.15) is 49.3 Å². The number of rotatable bonds is 4. The van der Waals surface area contributed by atoms with Crippen LogP contribution >= 0.6 is 0 Å². The molecule has 0 unspecified atom stereocenters. The number of ether oxygens (including phenoxy) is 2. The van der Waals surface area contributed by atoms with Gasteiger partial charge in [0.2, 0.25) is 0 Å². The van der Waals surface area contributed by atoms with Gasteiger partial charge in [-0.1, -0.05) is 0 Å². The van der Waals surface area contributed by atoms with Crippen LogP contribution in [0.25, 0.3) is 27.8 Å². The minimum atomic E-state index is -1.31. The molecule has 3 aromatic heterocycles. The summed E-state index contributed by atoms with van der Waals surface area (Å²) < 4.78 is 41.6. The van der Waals surface area contributed by atoms with Gasteiger partial charge in [0.05, 0.1) is 23.8 Å². The normalized spacial score (nSPS) is 23.5. The van der Waals surface area contributed by atoms with Crippen LogP contribution in [0.5, 0.6) is 0 Å². The fourth-order valence-corrected chi connectivity index (χ4v) is 5.49. The van der Waals surface area contributed by atoms with Gasteiger partial charge in [-0.05, 0) is 44.4 Å². The van der Waals surface area contributed by atoms with Crippen LogP contribution in [0.15, 0.2) is 30.5 Å². The van der Waals surface area contributed by atoms with Gasteiger partial charge in [0.25, 0.3) is 0 Å². The summed E-state index contributed by atoms with van der Waals surface area (Å²) in [6.07, 6.45) is 3.43. The van der Waals surface area contributed by atoms with Gasteiger partial charge < -0.3 is 19.1 Å². The Morgan fingerprint density at radius 3 is 2.71 bits per heavy atom. The standard InChI is InChI=1S/C25H24F2N4O4/c1-25(24(32)33)10-15(12-35-25)20-21-19(8-14-11-28-30-23(14)29-21)31(16-2-3-17(26)18(27)9-16)22(20)13-4-6-34-7-5-13/h2-3,8-9,11,13,15H,4-7,10,12H2,1H3,(H,32,33)(H,28,29,30)/t15-,25+/m1/s1. The largest absolute Gasteiger partial charge is 0.479 e. The van der Waals surface area contributed by atoms with Gasteiger partial charge in [-0.3, -0.25) is 5.10 Å². The first-order valence-corrected chi connectivity index (χ1v) is 11.6. The summed E-state index contributed by atoms with van der Waals surface area (Å²) in [5, 5.41) is 17.5. The smallest absolute Gasteiger partial charge is 0.335 e. The topological polar surface area (TPSA) is 102 Å². The molecule has 2 N–H and O–H groups in total. The zero-order chi connectivity index (χ0) is 24.3. The second kappa shape index (κ2) is 8.10. The summed E-state index contributed by atoms with van der Waals surface area (Å²) in [5.74, 6) is -3.05. The number of aromatic amines is 1. The maximum absolute atomic E-state index is 14.4. The number of H-pyrrole nitrogens is 1. The highest BCUT2D eigenvalue weighted by molar-refractivity contribution is 5.94. The molecule has 0 radical (unpaired) electrons. The number of hydrogen-bond acceptors (Lipinski definition) is 5. The lowest BCUT2D eigenvalue weighted by molar-refractivity contribution is -0.157. The summed E-state index contributed by atoms with van der Waals surface area (Å²) >= 11 is 0. The van der Waals surface area contributed by atoms with E-state index in [4.69, 9.17) is 14.5 Å². The van der Waals surface area contributed by atoms with Crippen LogP contribution in [0, 0.1) is 11.6 Å². The molecule has 35 heavy (non-hydrogen) atoms. The Kier molecular flexibility index (Phi) is 5.12. The molecule has 182 valence electrons. The zero-order valence-corrected chi connectivity index (χ0v) is 19.1. The molecule has 1 aromatic carbocycles. The number of nitrogens with zero attached hydrogens (tertiary/aromatic N) is 3. The Labute approximate surface area is 198 Å². The van der Waals surface area contributed by atoms with E-state index in [1.807, 2.05) is 10.6 Å². The number of carboxylic acid groups (broad SMARTS) is 1. The van der Waals surface area contributed by atoms with Crippen LogP contribution in [0.2, 0.25) is 0 Å². The molecule has 0 amide bonds. The van der Waals surface area contributed by atoms with E-state index in [1.54, 1.807) is 19.2 Å². The quantitative estimate of drug-likeness (QED) is 0.447. The third kappa shape index (κ3) is 3.51. The summed E-state index contributed by atoms with van der Waals surface area (Å²) in [5.41, 5.74) is 2.97. The Morgan fingerprint density at radius 1 is 1.20 bits per heavy atom. The first-order chi connectivity index (χ1) is 16.9. The van der Waals surface area contributed by atoms with Crippen molar-refractivity contribution in [3.05, 3.63) is 53.4 Å². The van der Waals surface area contributed by atoms with Crippen molar-refractivity contribution in [2.75, 3.05) is 19.8 Å². The average molecular weight is 482 g/mol. The predicted molar refractivity (Wildman–Crippen MR) is 123 cm³/mol. The van der Waals surface area contributed by atoms with Crippen molar-refractivity contribution in [1.29, 1.82) is 0 Å². The van der Waals surface area contributed by atoms with E-state index in [0.717, 1.165) is 41.1 Å². The molecule has 0 aliphatic carbocycles. The van der Waals surface area contributed by atoms with Crippen LogP contribution in [0.3, 0.4) is 0 Å². The fourth-order valence-electron chi connectivity index (χ4n) is 5.49. The number of pyridine rings is 1. The number of aromatic nitrogens is 4. The molecule has 0 saturated carbocycles. The van der Waals surface area contributed by atoms with Gasteiger partial charge in [-0.15, -0.1) is 0 Å². The van der Waals surface area contributed by atoms with Crippen molar-refractivity contribution in [3.63, 3.8) is 0 Å². The van der Waals surface area contributed by atoms with E-state index < -0.39 is 23.2 Å². The van der Waals surface area contributed by atoms with Crippen molar-refractivity contribution < 1.29 is 28.2 Å². The molecule has 4 aromatic rings. The number of carboxylic acids is 1. The fraction of sp³-hybridized carbons (Fsp3) is 0.400. The lowest BCUT2D eigenvalue weighted by atomic mass is 9.85. The third-order valence-electron chi connectivity index (χ3n) is 7.29. The molecule has 0 spiro atoms. The molecule has 2 atom stereocenters. The van der Waals surface area contributed by atoms with E-state index in [9.17, 15) is 18.7 Å². The highest BCUT2D eigenvalue weighted by Gasteiger charge is 2.46. The van der Waals surface area contributed by atoms with Gasteiger partial charge in [0, 0.05) is 53.4 Å². The minimum absolute atomic E-state index is 0.0641. The minimum Gasteiger partial charge on any atom is -0.479 e. The number of carbonyl (C=O) groups is 1. The lowest BCUT2D eigenvalue weighted by Crippen LogP contribution is -2.34. The maximum Gasteiger partial charge on any atom is 0.335 e. The molecule has 2 saturated heterocycles. The third-order valence-corrected chi connectivity index (χ3v) is 7.29. The number of fused-ring (bicyclic) bond motifs is 2. The summed E-state index contributed by atoms with van der Waals surface area (Å²) in [7, 11) is 0. The molecular formula is C25H24F2N4O4. The molecule has 5 heterocycles. The number of aliphatic carboxylic acids is 1. The van der Waals surface area contributed by atoms with E-state index in [1.165, 1.54) is 6.07 Å². The molecule has 2 aliphatic heterocycles. The summed E-state index contributed by atoms with van der Waals surface area (Å²) in [6.45, 7) is 2.96. The van der Waals surface area contributed by atoms with Crippen molar-refractivity contribution in [3.8, 4) is 5.69 Å². The Morgan fingerprint density at radius 2 is 2.00 bits per heavy atom. The van der Waals surface area contributed by atoms with Gasteiger partial charge in [-0.2, -0.15) is 5.10 Å². The highest BCUT2D eigenvalue weighted by atomic mass is 19.2. The Balaban J connectivity index is 1.67. The maximum atomic E-state index is 14.4. The van der Waals surface area contributed by atoms with E-state index in [2.05, 4.69) is 10.2 Å². The SMILES string of the molecule is C[C@@]1(C(=O)O)C[C@@H](c2c(C3CCOCC3)n(-c3ccc(F)c(F)c3)c3cc4cn[nH]c4nc23)CO1.